The van der Waals surface area contributed by atoms with Crippen molar-refractivity contribution in [3.8, 4) is 0 Å². The van der Waals surface area contributed by atoms with Crippen LogP contribution in [0.15, 0.2) is 34.4 Å². The maximum Gasteiger partial charge on any atom is 0.307 e. The topological polar surface area (TPSA) is 80.2 Å². The highest BCUT2D eigenvalue weighted by atomic mass is 32.1. The summed E-state index contributed by atoms with van der Waals surface area (Å²) in [4.78, 5) is 35.9. The lowest BCUT2D eigenvalue weighted by Crippen LogP contribution is -2.28. The van der Waals surface area contributed by atoms with Gasteiger partial charge in [-0.1, -0.05) is 23.5 Å². The predicted octanol–water partition coefficient (Wildman–Crippen LogP) is 1.75. The Morgan fingerprint density at radius 1 is 1.30 bits per heavy atom. The first-order chi connectivity index (χ1) is 11.0. The molecule has 1 aromatic carbocycles. The smallest absolute Gasteiger partial charge is 0.307 e. The third-order valence-electron chi connectivity index (χ3n) is 3.64. The van der Waals surface area contributed by atoms with Gasteiger partial charge in [-0.2, -0.15) is 0 Å². The molecule has 23 heavy (non-hydrogen) atoms. The van der Waals surface area contributed by atoms with Crippen molar-refractivity contribution in [1.29, 1.82) is 0 Å². The van der Waals surface area contributed by atoms with E-state index < -0.39 is 0 Å². The first-order valence-electron chi connectivity index (χ1n) is 7.39. The van der Waals surface area contributed by atoms with Crippen LogP contribution in [0.25, 0.3) is 0 Å². The van der Waals surface area contributed by atoms with Gasteiger partial charge < -0.3 is 10.6 Å². The molecule has 2 amide bonds. The molecule has 120 valence electrons. The molecule has 7 heteroatoms. The SMILES string of the molecule is Cc1csc(=O)n1CC(=O)Nc1ccccc1C(=O)NC1CC1. The summed E-state index contributed by atoms with van der Waals surface area (Å²) in [5, 5.41) is 7.34. The second-order valence-corrected chi connectivity index (χ2v) is 6.39. The van der Waals surface area contributed by atoms with Crippen LogP contribution in [0.5, 0.6) is 0 Å². The van der Waals surface area contributed by atoms with Crippen molar-refractivity contribution < 1.29 is 9.59 Å². The quantitative estimate of drug-likeness (QED) is 0.876. The molecule has 1 aromatic heterocycles. The largest absolute Gasteiger partial charge is 0.349 e. The molecular weight excluding hydrogens is 314 g/mol. The molecular formula is C16H17N3O3S. The zero-order valence-corrected chi connectivity index (χ0v) is 13.5. The molecule has 0 aliphatic heterocycles. The van der Waals surface area contributed by atoms with Crippen LogP contribution in [0.4, 0.5) is 5.69 Å². The number of nitrogens with one attached hydrogen (secondary N) is 2. The third-order valence-corrected chi connectivity index (χ3v) is 4.52. The number of thiazole rings is 1. The number of hydrogen-bond donors (Lipinski definition) is 2. The van der Waals surface area contributed by atoms with Crippen molar-refractivity contribution in [3.63, 3.8) is 0 Å². The molecule has 2 N–H and O–H groups in total. The van der Waals surface area contributed by atoms with Crippen LogP contribution < -0.4 is 15.5 Å². The molecule has 0 spiro atoms. The molecule has 1 fully saturated rings. The predicted molar refractivity (Wildman–Crippen MR) is 88.9 cm³/mol. The lowest BCUT2D eigenvalue weighted by molar-refractivity contribution is -0.116. The van der Waals surface area contributed by atoms with Crippen LogP contribution in [-0.4, -0.2) is 22.4 Å². The minimum Gasteiger partial charge on any atom is -0.349 e. The van der Waals surface area contributed by atoms with Gasteiger partial charge >= 0.3 is 4.87 Å². The van der Waals surface area contributed by atoms with Crippen LogP contribution in [0, 0.1) is 6.92 Å². The Bertz CT molecular complexity index is 805. The van der Waals surface area contributed by atoms with Gasteiger partial charge in [-0.25, -0.2) is 0 Å². The lowest BCUT2D eigenvalue weighted by atomic mass is 10.1. The van der Waals surface area contributed by atoms with Gasteiger partial charge in [0.15, 0.2) is 0 Å². The van der Waals surface area contributed by atoms with Crippen molar-refractivity contribution in [1.82, 2.24) is 9.88 Å². The molecule has 1 heterocycles. The summed E-state index contributed by atoms with van der Waals surface area (Å²) >= 11 is 1.06. The highest BCUT2D eigenvalue weighted by molar-refractivity contribution is 7.07. The Balaban J connectivity index is 1.73. The molecule has 0 bridgehead atoms. The second kappa shape index (κ2) is 6.37. The molecule has 6 nitrogen and oxygen atoms in total. The standard InChI is InChI=1S/C16H17N3O3S/c1-10-9-23-16(22)19(10)8-14(20)18-13-5-3-2-4-12(13)15(21)17-11-6-7-11/h2-5,9,11H,6-8H2,1H3,(H,17,21)(H,18,20). The normalized spacial score (nSPS) is 13.6. The number of amides is 2. The molecule has 0 radical (unpaired) electrons. The van der Waals surface area contributed by atoms with Gasteiger partial charge in [0.2, 0.25) is 5.91 Å². The summed E-state index contributed by atoms with van der Waals surface area (Å²) in [7, 11) is 0. The Kier molecular flexibility index (Phi) is 4.29. The van der Waals surface area contributed by atoms with E-state index >= 15 is 0 Å². The summed E-state index contributed by atoms with van der Waals surface area (Å²) in [6.07, 6.45) is 2.00. The number of aromatic nitrogens is 1. The average Bonchev–Trinajstić information content (AvgIpc) is 3.28. The first-order valence-corrected chi connectivity index (χ1v) is 8.27. The maximum absolute atomic E-state index is 12.2. The van der Waals surface area contributed by atoms with Crippen molar-refractivity contribution in [2.24, 2.45) is 0 Å². The number of benzene rings is 1. The van der Waals surface area contributed by atoms with Gasteiger partial charge in [0.1, 0.15) is 6.54 Å². The number of hydrogen-bond acceptors (Lipinski definition) is 4. The van der Waals surface area contributed by atoms with Crippen LogP contribution in [-0.2, 0) is 11.3 Å². The summed E-state index contributed by atoms with van der Waals surface area (Å²) in [5.74, 6) is -0.521. The van der Waals surface area contributed by atoms with Gasteiger partial charge in [0.25, 0.3) is 5.91 Å². The average molecular weight is 331 g/mol. The first kappa shape index (κ1) is 15.5. The fourth-order valence-electron chi connectivity index (χ4n) is 2.21. The van der Waals surface area contributed by atoms with Gasteiger partial charge in [-0.05, 0) is 31.9 Å². The monoisotopic (exact) mass is 331 g/mol. The van der Waals surface area contributed by atoms with Crippen LogP contribution in [0.1, 0.15) is 28.9 Å². The fourth-order valence-corrected chi connectivity index (χ4v) is 2.94. The number of para-hydroxylation sites is 1. The summed E-state index contributed by atoms with van der Waals surface area (Å²) in [6.45, 7) is 1.72. The Morgan fingerprint density at radius 2 is 2.04 bits per heavy atom. The van der Waals surface area contributed by atoms with E-state index in [9.17, 15) is 14.4 Å². The Labute approximate surface area is 137 Å². The van der Waals surface area contributed by atoms with E-state index in [0.717, 1.165) is 29.9 Å². The molecule has 0 atom stereocenters. The van der Waals surface area contributed by atoms with E-state index in [1.807, 2.05) is 0 Å². The number of aryl methyl sites for hydroxylation is 1. The van der Waals surface area contributed by atoms with Crippen molar-refractivity contribution >= 4 is 28.8 Å². The number of carbonyl (C=O) groups is 2. The number of carbonyl (C=O) groups excluding carboxylic acids is 2. The van der Waals surface area contributed by atoms with E-state index in [2.05, 4.69) is 10.6 Å². The van der Waals surface area contributed by atoms with Crippen LogP contribution in [0.3, 0.4) is 0 Å². The van der Waals surface area contributed by atoms with Crippen LogP contribution in [0.2, 0.25) is 0 Å². The maximum atomic E-state index is 12.2. The van der Waals surface area contributed by atoms with E-state index in [-0.39, 0.29) is 29.3 Å². The minimum atomic E-state index is -0.333. The van der Waals surface area contributed by atoms with E-state index in [0.29, 0.717) is 11.3 Å². The number of anilines is 1. The second-order valence-electron chi connectivity index (χ2n) is 5.57. The molecule has 1 aliphatic carbocycles. The van der Waals surface area contributed by atoms with Crippen molar-refractivity contribution in [2.45, 2.75) is 32.4 Å². The summed E-state index contributed by atoms with van der Waals surface area (Å²) < 4.78 is 1.41. The molecule has 2 aromatic rings. The van der Waals surface area contributed by atoms with Crippen LogP contribution >= 0.6 is 11.3 Å². The highest BCUT2D eigenvalue weighted by Gasteiger charge is 2.25. The molecule has 1 saturated carbocycles. The summed E-state index contributed by atoms with van der Waals surface area (Å²) in [6, 6.07) is 7.12. The van der Waals surface area contributed by atoms with E-state index in [1.54, 1.807) is 36.6 Å². The van der Waals surface area contributed by atoms with E-state index in [4.69, 9.17) is 0 Å². The fraction of sp³-hybridized carbons (Fsp3) is 0.312. The molecule has 0 unspecified atom stereocenters. The molecule has 0 saturated heterocycles. The lowest BCUT2D eigenvalue weighted by Gasteiger charge is -2.11. The number of nitrogens with zero attached hydrogens (tertiary/aromatic N) is 1. The van der Waals surface area contributed by atoms with Gasteiger partial charge in [-0.3, -0.25) is 19.0 Å². The van der Waals surface area contributed by atoms with Gasteiger partial charge in [0, 0.05) is 17.1 Å². The Morgan fingerprint density at radius 3 is 2.70 bits per heavy atom. The molecule has 3 rings (SSSR count). The summed E-state index contributed by atoms with van der Waals surface area (Å²) in [5.41, 5.74) is 1.63. The van der Waals surface area contributed by atoms with E-state index in [1.165, 1.54) is 4.57 Å². The minimum absolute atomic E-state index is 0.0628. The van der Waals surface area contributed by atoms with Crippen molar-refractivity contribution in [2.75, 3.05) is 5.32 Å². The Hall–Kier alpha value is -2.41. The van der Waals surface area contributed by atoms with Gasteiger partial charge in [-0.15, -0.1) is 0 Å². The van der Waals surface area contributed by atoms with Crippen molar-refractivity contribution in [3.05, 3.63) is 50.6 Å². The van der Waals surface area contributed by atoms with Gasteiger partial charge in [0.05, 0.1) is 11.3 Å². The third kappa shape index (κ3) is 3.68. The highest BCUT2D eigenvalue weighted by Crippen LogP contribution is 2.21. The zero-order chi connectivity index (χ0) is 16.4. The number of rotatable bonds is 5. The zero-order valence-electron chi connectivity index (χ0n) is 12.7. The molecule has 1 aliphatic rings.